The Kier molecular flexibility index (Phi) is 4.68. The Hall–Kier alpha value is -3.35. The number of hydrogen-bond acceptors (Lipinski definition) is 4. The molecule has 0 N–H and O–H groups in total. The second-order valence-electron chi connectivity index (χ2n) is 7.05. The molecule has 5 aromatic rings. The molecule has 7 heteroatoms. The van der Waals surface area contributed by atoms with Gasteiger partial charge in [-0.25, -0.2) is 17.4 Å². The van der Waals surface area contributed by atoms with Gasteiger partial charge in [-0.2, -0.15) is 0 Å². The first-order valence-electron chi connectivity index (χ1n) is 9.55. The highest BCUT2D eigenvalue weighted by molar-refractivity contribution is 7.90. The van der Waals surface area contributed by atoms with Crippen molar-refractivity contribution >= 4 is 43.6 Å². The fourth-order valence-electron chi connectivity index (χ4n) is 3.74. The highest BCUT2D eigenvalue weighted by Crippen LogP contribution is 2.35. The van der Waals surface area contributed by atoms with Gasteiger partial charge in [0.15, 0.2) is 5.65 Å². The standard InChI is InChI=1S/C24H17ClN2O3S/c1-30-18-10-7-16(8-11-18)17-9-13-22-21(15-17)20-12-14-23(25)26-24(20)27(22)31(28,29)19-5-3-2-4-6-19/h2-15H,1H3. The summed E-state index contributed by atoms with van der Waals surface area (Å²) in [6.07, 6.45) is 0. The maximum atomic E-state index is 13.5. The molecule has 0 aliphatic carbocycles. The predicted molar refractivity (Wildman–Crippen MR) is 123 cm³/mol. The lowest BCUT2D eigenvalue weighted by molar-refractivity contribution is 0.415. The molecular formula is C24H17ClN2O3S. The number of nitrogens with zero attached hydrogens (tertiary/aromatic N) is 2. The summed E-state index contributed by atoms with van der Waals surface area (Å²) in [5, 5.41) is 1.73. The summed E-state index contributed by atoms with van der Waals surface area (Å²) in [7, 11) is -2.25. The molecule has 0 fully saturated rings. The van der Waals surface area contributed by atoms with Crippen molar-refractivity contribution in [1.82, 2.24) is 8.96 Å². The second-order valence-corrected chi connectivity index (χ2v) is 9.22. The van der Waals surface area contributed by atoms with Gasteiger partial charge in [-0.1, -0.05) is 48.0 Å². The molecule has 0 aliphatic rings. The van der Waals surface area contributed by atoms with Crippen LogP contribution in [0.15, 0.2) is 89.8 Å². The van der Waals surface area contributed by atoms with Gasteiger partial charge in [-0.05, 0) is 59.7 Å². The van der Waals surface area contributed by atoms with E-state index in [1.807, 2.05) is 48.5 Å². The Morgan fingerprint density at radius 2 is 1.55 bits per heavy atom. The van der Waals surface area contributed by atoms with Gasteiger partial charge in [0.1, 0.15) is 10.9 Å². The van der Waals surface area contributed by atoms with Gasteiger partial charge in [-0.15, -0.1) is 0 Å². The minimum atomic E-state index is -3.87. The van der Waals surface area contributed by atoms with Crippen LogP contribution >= 0.6 is 11.6 Å². The van der Waals surface area contributed by atoms with Crippen molar-refractivity contribution in [2.24, 2.45) is 0 Å². The minimum Gasteiger partial charge on any atom is -0.497 e. The predicted octanol–water partition coefficient (Wildman–Crippen LogP) is 5.76. The van der Waals surface area contributed by atoms with E-state index in [4.69, 9.17) is 16.3 Å². The summed E-state index contributed by atoms with van der Waals surface area (Å²) < 4.78 is 33.6. The third kappa shape index (κ3) is 3.24. The first-order chi connectivity index (χ1) is 15.0. The summed E-state index contributed by atoms with van der Waals surface area (Å²) in [4.78, 5) is 4.55. The first kappa shape index (κ1) is 19.6. The van der Waals surface area contributed by atoms with E-state index in [-0.39, 0.29) is 10.0 Å². The number of rotatable bonds is 4. The number of methoxy groups -OCH3 is 1. The van der Waals surface area contributed by atoms with Gasteiger partial charge >= 0.3 is 0 Å². The third-order valence-corrected chi connectivity index (χ3v) is 7.17. The molecule has 31 heavy (non-hydrogen) atoms. The van der Waals surface area contributed by atoms with Gasteiger partial charge in [0.25, 0.3) is 10.0 Å². The Labute approximate surface area is 184 Å². The lowest BCUT2D eigenvalue weighted by Gasteiger charge is -2.09. The van der Waals surface area contributed by atoms with E-state index in [1.165, 1.54) is 3.97 Å². The van der Waals surface area contributed by atoms with Crippen molar-refractivity contribution in [3.05, 3.63) is 90.1 Å². The van der Waals surface area contributed by atoms with Crippen LogP contribution in [0.2, 0.25) is 5.15 Å². The zero-order valence-corrected chi connectivity index (χ0v) is 18.1. The van der Waals surface area contributed by atoms with E-state index in [0.29, 0.717) is 16.6 Å². The lowest BCUT2D eigenvalue weighted by atomic mass is 10.0. The highest BCUT2D eigenvalue weighted by atomic mass is 35.5. The summed E-state index contributed by atoms with van der Waals surface area (Å²) >= 11 is 6.14. The molecule has 0 aliphatic heterocycles. The Morgan fingerprint density at radius 1 is 0.839 bits per heavy atom. The normalized spacial score (nSPS) is 11.8. The Morgan fingerprint density at radius 3 is 2.26 bits per heavy atom. The monoisotopic (exact) mass is 448 g/mol. The largest absolute Gasteiger partial charge is 0.497 e. The lowest BCUT2D eigenvalue weighted by Crippen LogP contribution is -2.13. The summed E-state index contributed by atoms with van der Waals surface area (Å²) in [6, 6.07) is 25.2. The van der Waals surface area contributed by atoms with Crippen molar-refractivity contribution in [3.63, 3.8) is 0 Å². The Balaban J connectivity index is 1.80. The van der Waals surface area contributed by atoms with Crippen LogP contribution < -0.4 is 4.74 Å². The summed E-state index contributed by atoms with van der Waals surface area (Å²) in [5.74, 6) is 0.772. The van der Waals surface area contributed by atoms with Crippen LogP contribution in [0.5, 0.6) is 5.75 Å². The number of halogens is 1. The molecule has 0 spiro atoms. The number of fused-ring (bicyclic) bond motifs is 3. The van der Waals surface area contributed by atoms with Crippen LogP contribution in [0.3, 0.4) is 0 Å². The molecule has 3 aromatic carbocycles. The highest BCUT2D eigenvalue weighted by Gasteiger charge is 2.24. The maximum absolute atomic E-state index is 13.5. The minimum absolute atomic E-state index is 0.190. The van der Waals surface area contributed by atoms with Gasteiger partial charge in [0.05, 0.1) is 17.5 Å². The van der Waals surface area contributed by atoms with Crippen LogP contribution in [0, 0.1) is 0 Å². The first-order valence-corrected chi connectivity index (χ1v) is 11.4. The van der Waals surface area contributed by atoms with E-state index in [1.54, 1.807) is 43.5 Å². The molecule has 5 rings (SSSR count). The van der Waals surface area contributed by atoms with Crippen molar-refractivity contribution in [2.75, 3.05) is 7.11 Å². The molecule has 2 heterocycles. The third-order valence-electron chi connectivity index (χ3n) is 5.24. The number of ether oxygens (including phenoxy) is 1. The smallest absolute Gasteiger partial charge is 0.269 e. The van der Waals surface area contributed by atoms with Crippen LogP contribution in [-0.2, 0) is 10.0 Å². The molecule has 0 radical (unpaired) electrons. The van der Waals surface area contributed by atoms with Crippen LogP contribution in [0.4, 0.5) is 0 Å². The van der Waals surface area contributed by atoms with Crippen LogP contribution in [0.25, 0.3) is 33.1 Å². The average molecular weight is 449 g/mol. The molecule has 154 valence electrons. The van der Waals surface area contributed by atoms with E-state index < -0.39 is 10.0 Å². The molecule has 2 aromatic heterocycles. The van der Waals surface area contributed by atoms with Gasteiger partial charge in [0, 0.05) is 10.8 Å². The summed E-state index contributed by atoms with van der Waals surface area (Å²) in [6.45, 7) is 0. The fraction of sp³-hybridized carbons (Fsp3) is 0.0417. The molecule has 0 saturated heterocycles. The molecule has 0 amide bonds. The molecule has 0 unspecified atom stereocenters. The van der Waals surface area contributed by atoms with E-state index in [9.17, 15) is 8.42 Å². The zero-order chi connectivity index (χ0) is 21.6. The van der Waals surface area contributed by atoms with Crippen molar-refractivity contribution in [2.45, 2.75) is 4.90 Å². The van der Waals surface area contributed by atoms with Gasteiger partial charge in [0.2, 0.25) is 0 Å². The zero-order valence-electron chi connectivity index (χ0n) is 16.5. The number of benzene rings is 3. The second kappa shape index (κ2) is 7.41. The molecule has 0 bridgehead atoms. The maximum Gasteiger partial charge on any atom is 0.269 e. The average Bonchev–Trinajstić information content (AvgIpc) is 3.13. The van der Waals surface area contributed by atoms with Gasteiger partial charge < -0.3 is 4.74 Å². The van der Waals surface area contributed by atoms with Crippen molar-refractivity contribution in [1.29, 1.82) is 0 Å². The molecule has 0 atom stereocenters. The number of hydrogen-bond donors (Lipinski definition) is 0. The number of aromatic nitrogens is 2. The SMILES string of the molecule is COc1ccc(-c2ccc3c(c2)c2ccc(Cl)nc2n3S(=O)(=O)c2ccccc2)cc1. The van der Waals surface area contributed by atoms with E-state index in [0.717, 1.165) is 22.3 Å². The van der Waals surface area contributed by atoms with Crippen LogP contribution in [-0.4, -0.2) is 24.5 Å². The molecular weight excluding hydrogens is 432 g/mol. The number of pyridine rings is 1. The van der Waals surface area contributed by atoms with Crippen molar-refractivity contribution in [3.8, 4) is 16.9 Å². The van der Waals surface area contributed by atoms with Crippen molar-refractivity contribution < 1.29 is 13.2 Å². The fourth-order valence-corrected chi connectivity index (χ4v) is 5.38. The molecule has 5 nitrogen and oxygen atoms in total. The van der Waals surface area contributed by atoms with Gasteiger partial charge in [-0.3, -0.25) is 0 Å². The quantitative estimate of drug-likeness (QED) is 0.328. The Bertz CT molecular complexity index is 1530. The molecule has 0 saturated carbocycles. The topological polar surface area (TPSA) is 61.2 Å². The summed E-state index contributed by atoms with van der Waals surface area (Å²) in [5.41, 5.74) is 2.81. The van der Waals surface area contributed by atoms with E-state index >= 15 is 0 Å². The van der Waals surface area contributed by atoms with Crippen LogP contribution in [0.1, 0.15) is 0 Å². The van der Waals surface area contributed by atoms with E-state index in [2.05, 4.69) is 4.98 Å².